The Bertz CT molecular complexity index is 988. The molecule has 0 radical (unpaired) electrons. The number of aliphatic hydroxyl groups is 4. The van der Waals surface area contributed by atoms with Crippen LogP contribution in [0.2, 0.25) is 0 Å². The minimum atomic E-state index is -1.59. The summed E-state index contributed by atoms with van der Waals surface area (Å²) in [5.41, 5.74) is -0.880. The zero-order chi connectivity index (χ0) is 25.4. The summed E-state index contributed by atoms with van der Waals surface area (Å²) in [4.78, 5) is 12.1. The van der Waals surface area contributed by atoms with Crippen LogP contribution in [-0.2, 0) is 4.74 Å². The lowest BCUT2D eigenvalue weighted by Crippen LogP contribution is -2.60. The van der Waals surface area contributed by atoms with Gasteiger partial charge in [-0.1, -0.05) is 51.9 Å². The van der Waals surface area contributed by atoms with Gasteiger partial charge in [0.2, 0.25) is 12.0 Å². The maximum absolute atomic E-state index is 12.1. The average Bonchev–Trinajstić information content (AvgIpc) is 2.85. The van der Waals surface area contributed by atoms with Crippen LogP contribution in [0.4, 0.5) is 0 Å². The Morgan fingerprint density at radius 1 is 0.943 bits per heavy atom. The number of hydrogen-bond acceptors (Lipinski definition) is 10. The maximum atomic E-state index is 12.1. The summed E-state index contributed by atoms with van der Waals surface area (Å²) in [7, 11) is 0. The fourth-order valence-electron chi connectivity index (χ4n) is 4.07. The Hall–Kier alpha value is -2.37. The molecule has 2 heterocycles. The molecule has 0 saturated carbocycles. The predicted octanol–water partition coefficient (Wildman–Crippen LogP) is 2.20. The van der Waals surface area contributed by atoms with E-state index < -0.39 is 48.7 Å². The van der Waals surface area contributed by atoms with Gasteiger partial charge in [0.15, 0.2) is 5.75 Å². The SMILES string of the molecule is CCCCCCCCCCOc1c(O)c(=O)oc2cc(O[C@@H]3O[C@H](CO)[C@@H](O)[C@H](O)[C@H]3O)ccc12. The van der Waals surface area contributed by atoms with E-state index in [1.54, 1.807) is 0 Å². The molecule has 0 aliphatic carbocycles. The average molecular weight is 497 g/mol. The topological polar surface area (TPSA) is 159 Å². The maximum Gasteiger partial charge on any atom is 0.382 e. The molecule has 1 aliphatic rings. The zero-order valence-corrected chi connectivity index (χ0v) is 20.0. The number of aliphatic hydroxyl groups excluding tert-OH is 4. The van der Waals surface area contributed by atoms with Crippen LogP contribution in [0.3, 0.4) is 0 Å². The molecule has 35 heavy (non-hydrogen) atoms. The zero-order valence-electron chi connectivity index (χ0n) is 20.0. The third kappa shape index (κ3) is 6.86. The summed E-state index contributed by atoms with van der Waals surface area (Å²) in [6.07, 6.45) is 1.86. The summed E-state index contributed by atoms with van der Waals surface area (Å²) >= 11 is 0. The van der Waals surface area contributed by atoms with Crippen molar-refractivity contribution in [3.05, 3.63) is 28.6 Å². The van der Waals surface area contributed by atoms with Crippen LogP contribution < -0.4 is 15.1 Å². The molecule has 0 unspecified atom stereocenters. The number of aromatic hydroxyl groups is 1. The minimum Gasteiger partial charge on any atom is -0.499 e. The Labute approximate surface area is 203 Å². The molecular weight excluding hydrogens is 460 g/mol. The molecule has 196 valence electrons. The van der Waals surface area contributed by atoms with Crippen molar-refractivity contribution in [3.63, 3.8) is 0 Å². The summed E-state index contributed by atoms with van der Waals surface area (Å²) < 4.78 is 21.8. The fourth-order valence-corrected chi connectivity index (χ4v) is 4.07. The first-order chi connectivity index (χ1) is 16.9. The van der Waals surface area contributed by atoms with Crippen LogP contribution in [0.25, 0.3) is 11.0 Å². The van der Waals surface area contributed by atoms with Gasteiger partial charge in [0, 0.05) is 6.07 Å². The van der Waals surface area contributed by atoms with Gasteiger partial charge in [0.05, 0.1) is 18.6 Å². The lowest BCUT2D eigenvalue weighted by molar-refractivity contribution is -0.277. The molecule has 5 N–H and O–H groups in total. The second-order valence-electron chi connectivity index (χ2n) is 8.86. The van der Waals surface area contributed by atoms with Crippen molar-refractivity contribution in [1.82, 2.24) is 0 Å². The van der Waals surface area contributed by atoms with E-state index in [1.165, 1.54) is 50.3 Å². The normalized spacial score (nSPS) is 24.5. The number of benzene rings is 1. The molecule has 10 nitrogen and oxygen atoms in total. The number of fused-ring (bicyclic) bond motifs is 1. The van der Waals surface area contributed by atoms with E-state index in [1.807, 2.05) is 0 Å². The van der Waals surface area contributed by atoms with Gasteiger partial charge in [0.25, 0.3) is 0 Å². The van der Waals surface area contributed by atoms with Gasteiger partial charge in [-0.15, -0.1) is 0 Å². The monoisotopic (exact) mass is 496 g/mol. The van der Waals surface area contributed by atoms with Gasteiger partial charge in [-0.2, -0.15) is 0 Å². The number of hydrogen-bond donors (Lipinski definition) is 5. The Balaban J connectivity index is 1.64. The van der Waals surface area contributed by atoms with Crippen LogP contribution in [0.1, 0.15) is 58.3 Å². The van der Waals surface area contributed by atoms with E-state index >= 15 is 0 Å². The van der Waals surface area contributed by atoms with Gasteiger partial charge in [-0.25, -0.2) is 4.79 Å². The Morgan fingerprint density at radius 3 is 2.31 bits per heavy atom. The van der Waals surface area contributed by atoms with Gasteiger partial charge >= 0.3 is 5.63 Å². The Morgan fingerprint density at radius 2 is 1.63 bits per heavy atom. The highest BCUT2D eigenvalue weighted by Crippen LogP contribution is 2.35. The van der Waals surface area contributed by atoms with E-state index in [4.69, 9.17) is 18.6 Å². The number of ether oxygens (including phenoxy) is 3. The fraction of sp³-hybridized carbons (Fsp3) is 0.640. The molecule has 0 spiro atoms. The van der Waals surface area contributed by atoms with Crippen LogP contribution in [0.15, 0.2) is 27.4 Å². The minimum absolute atomic E-state index is 0.0265. The first-order valence-corrected chi connectivity index (χ1v) is 12.3. The van der Waals surface area contributed by atoms with Crippen molar-refractivity contribution in [1.29, 1.82) is 0 Å². The highest BCUT2D eigenvalue weighted by Gasteiger charge is 2.44. The molecule has 2 aromatic rings. The van der Waals surface area contributed by atoms with Crippen molar-refractivity contribution >= 4 is 11.0 Å². The van der Waals surface area contributed by atoms with Crippen LogP contribution in [0.5, 0.6) is 17.2 Å². The third-order valence-electron chi connectivity index (χ3n) is 6.15. The van der Waals surface area contributed by atoms with Crippen LogP contribution in [-0.4, -0.2) is 69.5 Å². The first kappa shape index (κ1) is 27.2. The smallest absolute Gasteiger partial charge is 0.382 e. The summed E-state index contributed by atoms with van der Waals surface area (Å²) in [6.45, 7) is 1.94. The second kappa shape index (κ2) is 13.1. The van der Waals surface area contributed by atoms with Crippen molar-refractivity contribution in [2.75, 3.05) is 13.2 Å². The molecular formula is C25H36O10. The summed E-state index contributed by atoms with van der Waals surface area (Å²) in [5.74, 6) is -0.456. The molecule has 3 rings (SSSR count). The summed E-state index contributed by atoms with van der Waals surface area (Å²) in [6, 6.07) is 4.38. The van der Waals surface area contributed by atoms with Crippen molar-refractivity contribution in [2.24, 2.45) is 0 Å². The van der Waals surface area contributed by atoms with E-state index in [2.05, 4.69) is 6.92 Å². The number of unbranched alkanes of at least 4 members (excludes halogenated alkanes) is 7. The van der Waals surface area contributed by atoms with Crippen LogP contribution in [0, 0.1) is 0 Å². The molecule has 0 amide bonds. The quantitative estimate of drug-likeness (QED) is 0.205. The number of rotatable bonds is 13. The predicted molar refractivity (Wildman–Crippen MR) is 127 cm³/mol. The van der Waals surface area contributed by atoms with Crippen molar-refractivity contribution in [3.8, 4) is 17.2 Å². The summed E-state index contributed by atoms with van der Waals surface area (Å²) in [5, 5.41) is 49.9. The molecule has 1 aromatic carbocycles. The molecule has 1 aromatic heterocycles. The first-order valence-electron chi connectivity index (χ1n) is 12.3. The molecule has 1 fully saturated rings. The molecule has 1 saturated heterocycles. The largest absolute Gasteiger partial charge is 0.499 e. The highest BCUT2D eigenvalue weighted by atomic mass is 16.7. The van der Waals surface area contributed by atoms with Crippen molar-refractivity contribution in [2.45, 2.75) is 89.0 Å². The van der Waals surface area contributed by atoms with E-state index in [0.29, 0.717) is 12.0 Å². The Kier molecular flexibility index (Phi) is 10.2. The van der Waals surface area contributed by atoms with Crippen molar-refractivity contribution < 1.29 is 44.2 Å². The van der Waals surface area contributed by atoms with Gasteiger partial charge in [0.1, 0.15) is 35.7 Å². The van der Waals surface area contributed by atoms with Gasteiger partial charge in [-0.3, -0.25) is 0 Å². The molecule has 0 bridgehead atoms. The molecule has 10 heteroatoms. The molecule has 5 atom stereocenters. The van der Waals surface area contributed by atoms with E-state index in [-0.39, 0.29) is 17.1 Å². The highest BCUT2D eigenvalue weighted by molar-refractivity contribution is 5.86. The van der Waals surface area contributed by atoms with Gasteiger partial charge < -0.3 is 44.2 Å². The van der Waals surface area contributed by atoms with E-state index in [0.717, 1.165) is 19.3 Å². The third-order valence-corrected chi connectivity index (χ3v) is 6.15. The second-order valence-corrected chi connectivity index (χ2v) is 8.86. The van der Waals surface area contributed by atoms with Crippen LogP contribution >= 0.6 is 0 Å². The lowest BCUT2D eigenvalue weighted by atomic mass is 9.99. The van der Waals surface area contributed by atoms with Gasteiger partial charge in [-0.05, 0) is 18.6 Å². The standard InChI is InChI=1S/C25H36O10/c1-2-3-4-5-6-7-8-9-12-32-23-16-11-10-15(13-17(16)34-24(31)22(23)30)33-25-21(29)20(28)19(27)18(14-26)35-25/h10-11,13,18-21,25-30H,2-9,12,14H2,1H3/t18-,19-,20+,21-,25-/m1/s1. The van der Waals surface area contributed by atoms with E-state index in [9.17, 15) is 30.3 Å². The molecule has 1 aliphatic heterocycles. The lowest BCUT2D eigenvalue weighted by Gasteiger charge is -2.39.